The van der Waals surface area contributed by atoms with Gasteiger partial charge in [-0.05, 0) is 0 Å². The minimum Gasteiger partial charge on any atom is -0.503 e. The predicted molar refractivity (Wildman–Crippen MR) is 65.4 cm³/mol. The van der Waals surface area contributed by atoms with Gasteiger partial charge in [0, 0.05) is 11.1 Å². The Kier molecular flexibility index (Phi) is 4.30. The summed E-state index contributed by atoms with van der Waals surface area (Å²) in [7, 11) is 2.00. The second-order valence-corrected chi connectivity index (χ2v) is 4.35. The molecule has 0 bridgehead atoms. The molecule has 0 aromatic heterocycles. The van der Waals surface area contributed by atoms with Crippen molar-refractivity contribution in [3.63, 3.8) is 0 Å². The summed E-state index contributed by atoms with van der Waals surface area (Å²) in [4.78, 5) is 1.23. The van der Waals surface area contributed by atoms with Gasteiger partial charge in [-0.1, -0.05) is 37.0 Å². The summed E-state index contributed by atoms with van der Waals surface area (Å²) in [6, 6.07) is 0. The number of nitrogens with one attached hydrogen (secondary N) is 1. The van der Waals surface area contributed by atoms with Crippen molar-refractivity contribution < 1.29 is 15.1 Å². The van der Waals surface area contributed by atoms with Crippen LogP contribution in [0.15, 0.2) is 0 Å². The van der Waals surface area contributed by atoms with Crippen LogP contribution in [-0.2, 0) is 13.1 Å². The van der Waals surface area contributed by atoms with Crippen molar-refractivity contribution in [2.75, 3.05) is 7.05 Å². The summed E-state index contributed by atoms with van der Waals surface area (Å²) in [6.45, 7) is 5.45. The quantitative estimate of drug-likeness (QED) is 0.628. The summed E-state index contributed by atoms with van der Waals surface area (Å²) in [5.41, 5.74) is 1.67. The molecule has 3 nitrogen and oxygen atoms in total. The number of phenols is 2. The van der Waals surface area contributed by atoms with E-state index in [4.69, 9.17) is 23.2 Å². The van der Waals surface area contributed by atoms with Crippen molar-refractivity contribution in [2.24, 2.45) is 0 Å². The van der Waals surface area contributed by atoms with Gasteiger partial charge in [0.25, 0.3) is 0 Å². The van der Waals surface area contributed by atoms with Gasteiger partial charge >= 0.3 is 0 Å². The average Bonchev–Trinajstić information content (AvgIpc) is 2.68. The third-order valence-corrected chi connectivity index (χ3v) is 3.31. The number of phenolic OH excluding ortho intramolecular Hbond substituents is 2. The molecule has 0 saturated heterocycles. The first-order chi connectivity index (χ1) is 7.52. The van der Waals surface area contributed by atoms with Crippen LogP contribution in [0.5, 0.6) is 11.5 Å². The Morgan fingerprint density at radius 1 is 0.938 bits per heavy atom. The van der Waals surface area contributed by atoms with Crippen LogP contribution >= 0.6 is 23.2 Å². The molecule has 0 radical (unpaired) electrons. The third-order valence-electron chi connectivity index (χ3n) is 2.49. The SMILES string of the molecule is CC.C[NH+]1Cc2c(Cl)c(O)c(O)c(Cl)c2C1. The van der Waals surface area contributed by atoms with Crippen molar-refractivity contribution in [2.45, 2.75) is 26.9 Å². The minimum absolute atomic E-state index is 0.221. The molecule has 0 unspecified atom stereocenters. The molecule has 1 aliphatic rings. The van der Waals surface area contributed by atoms with Crippen LogP contribution in [0.1, 0.15) is 25.0 Å². The summed E-state index contributed by atoms with van der Waals surface area (Å²) in [6.07, 6.45) is 0. The lowest BCUT2D eigenvalue weighted by Gasteiger charge is -2.06. The molecule has 1 aliphatic heterocycles. The molecule has 5 heteroatoms. The number of benzene rings is 1. The zero-order chi connectivity index (χ0) is 12.5. The Bertz CT molecular complexity index is 371. The maximum Gasteiger partial charge on any atom is 0.178 e. The van der Waals surface area contributed by atoms with Crippen molar-refractivity contribution in [1.82, 2.24) is 0 Å². The van der Waals surface area contributed by atoms with Crippen LogP contribution < -0.4 is 4.90 Å². The fourth-order valence-corrected chi connectivity index (χ4v) is 2.33. The van der Waals surface area contributed by atoms with Crippen LogP contribution in [0, 0.1) is 0 Å². The second kappa shape index (κ2) is 5.13. The van der Waals surface area contributed by atoms with E-state index < -0.39 is 0 Å². The zero-order valence-electron chi connectivity index (χ0n) is 9.56. The number of hydrogen-bond donors (Lipinski definition) is 3. The molecule has 1 aromatic rings. The Morgan fingerprint density at radius 3 is 1.56 bits per heavy atom. The van der Waals surface area contributed by atoms with Crippen molar-refractivity contribution in [3.8, 4) is 11.5 Å². The molecule has 1 aromatic carbocycles. The Balaban J connectivity index is 0.000000606. The fraction of sp³-hybridized carbons (Fsp3) is 0.455. The normalized spacial score (nSPS) is 14.3. The highest BCUT2D eigenvalue weighted by Gasteiger charge is 2.29. The van der Waals surface area contributed by atoms with E-state index in [9.17, 15) is 10.2 Å². The standard InChI is InChI=1S/C9H9Cl2NO2.C2H6/c1-12-2-4-5(3-12)7(11)9(14)8(13)6(4)10;1-2/h13-14H,2-3H2,1H3;1-2H3/p+1. The van der Waals surface area contributed by atoms with E-state index in [1.807, 2.05) is 20.9 Å². The van der Waals surface area contributed by atoms with Crippen molar-refractivity contribution in [3.05, 3.63) is 21.2 Å². The topological polar surface area (TPSA) is 44.9 Å². The molecule has 1 heterocycles. The molecule has 0 atom stereocenters. The van der Waals surface area contributed by atoms with E-state index in [1.165, 1.54) is 4.90 Å². The lowest BCUT2D eigenvalue weighted by molar-refractivity contribution is -0.900. The minimum atomic E-state index is -0.315. The molecule has 0 aliphatic carbocycles. The molecule has 0 saturated carbocycles. The van der Waals surface area contributed by atoms with Gasteiger partial charge in [-0.3, -0.25) is 0 Å². The summed E-state index contributed by atoms with van der Waals surface area (Å²) in [5.74, 6) is -0.629. The van der Waals surface area contributed by atoms with Gasteiger partial charge in [0.15, 0.2) is 11.5 Å². The monoisotopic (exact) mass is 264 g/mol. The first-order valence-electron chi connectivity index (χ1n) is 5.24. The molecule has 3 N–H and O–H groups in total. The number of hydrogen-bond acceptors (Lipinski definition) is 2. The number of halogens is 2. The van der Waals surface area contributed by atoms with E-state index in [-0.39, 0.29) is 21.5 Å². The van der Waals surface area contributed by atoms with Gasteiger partial charge in [0.05, 0.1) is 17.1 Å². The number of aromatic hydroxyl groups is 2. The summed E-state index contributed by atoms with van der Waals surface area (Å²) < 4.78 is 0. The largest absolute Gasteiger partial charge is 0.503 e. The summed E-state index contributed by atoms with van der Waals surface area (Å²) >= 11 is 11.8. The van der Waals surface area contributed by atoms with E-state index in [0.29, 0.717) is 0 Å². The molecule has 90 valence electrons. The van der Waals surface area contributed by atoms with Gasteiger partial charge in [0.2, 0.25) is 0 Å². The van der Waals surface area contributed by atoms with Crippen LogP contribution in [0.2, 0.25) is 10.0 Å². The predicted octanol–water partition coefficient (Wildman–Crippen LogP) is 1.96. The van der Waals surface area contributed by atoms with Gasteiger partial charge in [-0.15, -0.1) is 0 Å². The zero-order valence-corrected chi connectivity index (χ0v) is 11.1. The molecule has 16 heavy (non-hydrogen) atoms. The van der Waals surface area contributed by atoms with Crippen LogP contribution in [-0.4, -0.2) is 17.3 Å². The highest BCUT2D eigenvalue weighted by Crippen LogP contribution is 2.44. The third kappa shape index (κ3) is 2.08. The first kappa shape index (κ1) is 13.4. The van der Waals surface area contributed by atoms with E-state index in [2.05, 4.69) is 0 Å². The Morgan fingerprint density at radius 2 is 1.25 bits per heavy atom. The maximum atomic E-state index is 9.46. The Hall–Kier alpha value is -0.640. The van der Waals surface area contributed by atoms with E-state index in [0.717, 1.165) is 24.2 Å². The van der Waals surface area contributed by atoms with E-state index in [1.54, 1.807) is 0 Å². The lowest BCUT2D eigenvalue weighted by Crippen LogP contribution is -3.04. The van der Waals surface area contributed by atoms with Gasteiger partial charge in [-0.2, -0.15) is 0 Å². The number of rotatable bonds is 0. The van der Waals surface area contributed by atoms with Crippen LogP contribution in [0.25, 0.3) is 0 Å². The highest BCUT2D eigenvalue weighted by atomic mass is 35.5. The average molecular weight is 265 g/mol. The molecular formula is C11H16Cl2NO2+. The molecule has 2 rings (SSSR count). The van der Waals surface area contributed by atoms with Gasteiger partial charge in [-0.25, -0.2) is 0 Å². The smallest absolute Gasteiger partial charge is 0.178 e. The van der Waals surface area contributed by atoms with Crippen molar-refractivity contribution >= 4 is 23.2 Å². The highest BCUT2D eigenvalue weighted by molar-refractivity contribution is 6.36. The van der Waals surface area contributed by atoms with Gasteiger partial charge < -0.3 is 15.1 Å². The summed E-state index contributed by atoms with van der Waals surface area (Å²) in [5, 5.41) is 19.4. The molecule has 0 fully saturated rings. The maximum absolute atomic E-state index is 9.46. The molecule has 0 spiro atoms. The first-order valence-corrected chi connectivity index (χ1v) is 6.00. The van der Waals surface area contributed by atoms with Gasteiger partial charge in [0.1, 0.15) is 13.1 Å². The number of quaternary nitrogens is 1. The van der Waals surface area contributed by atoms with Crippen LogP contribution in [0.3, 0.4) is 0 Å². The second-order valence-electron chi connectivity index (χ2n) is 3.59. The fourth-order valence-electron chi connectivity index (χ4n) is 1.79. The van der Waals surface area contributed by atoms with E-state index >= 15 is 0 Å². The molecule has 0 amide bonds. The van der Waals surface area contributed by atoms with Crippen LogP contribution in [0.4, 0.5) is 0 Å². The number of fused-ring (bicyclic) bond motifs is 1. The Labute approximate surface area is 105 Å². The van der Waals surface area contributed by atoms with Crippen molar-refractivity contribution in [1.29, 1.82) is 0 Å². The lowest BCUT2D eigenvalue weighted by atomic mass is 10.1. The molecular weight excluding hydrogens is 249 g/mol.